The molecule has 5 heteroatoms. The Hall–Kier alpha value is -0.970. The lowest BCUT2D eigenvalue weighted by Gasteiger charge is -2.19. The molecule has 0 aromatic rings. The summed E-state index contributed by atoms with van der Waals surface area (Å²) < 4.78 is 0. The standard InChI is InChI=1S/C5H6N4S/c10-5-3-4(7-1-6-3)8-2-9-5/h1-4H,(H,6,7)(H,8,9,10)/t3-,4-/m1/s1. The third kappa shape index (κ3) is 0.706. The maximum atomic E-state index is 5.00. The van der Waals surface area contributed by atoms with Crippen LogP contribution in [0.3, 0.4) is 0 Å². The molecule has 0 unspecified atom stereocenters. The van der Waals surface area contributed by atoms with Crippen molar-refractivity contribution in [3.05, 3.63) is 0 Å². The van der Waals surface area contributed by atoms with Gasteiger partial charge in [-0.05, 0) is 0 Å². The van der Waals surface area contributed by atoms with E-state index in [-0.39, 0.29) is 12.2 Å². The van der Waals surface area contributed by atoms with E-state index in [0.717, 1.165) is 4.99 Å². The van der Waals surface area contributed by atoms with E-state index in [1.54, 1.807) is 12.7 Å². The Bertz CT molecular complexity index is 222. The van der Waals surface area contributed by atoms with Gasteiger partial charge in [0, 0.05) is 0 Å². The molecule has 52 valence electrons. The van der Waals surface area contributed by atoms with Gasteiger partial charge in [0.15, 0.2) is 6.17 Å². The second-order valence-electron chi connectivity index (χ2n) is 2.12. The van der Waals surface area contributed by atoms with Crippen molar-refractivity contribution in [2.75, 3.05) is 0 Å². The topological polar surface area (TPSA) is 48.8 Å². The molecule has 2 atom stereocenters. The van der Waals surface area contributed by atoms with E-state index < -0.39 is 0 Å². The molecule has 0 saturated carbocycles. The van der Waals surface area contributed by atoms with Crippen LogP contribution in [0.2, 0.25) is 0 Å². The number of nitrogens with one attached hydrogen (secondary N) is 2. The van der Waals surface area contributed by atoms with Gasteiger partial charge in [0.25, 0.3) is 0 Å². The Kier molecular flexibility index (Phi) is 1.17. The van der Waals surface area contributed by atoms with Gasteiger partial charge in [-0.15, -0.1) is 0 Å². The van der Waals surface area contributed by atoms with Crippen molar-refractivity contribution < 1.29 is 0 Å². The van der Waals surface area contributed by atoms with E-state index in [0.29, 0.717) is 0 Å². The maximum Gasteiger partial charge on any atom is 0.169 e. The fraction of sp³-hybridized carbons (Fsp3) is 0.400. The van der Waals surface area contributed by atoms with Crippen LogP contribution in [-0.2, 0) is 0 Å². The van der Waals surface area contributed by atoms with Gasteiger partial charge < -0.3 is 10.6 Å². The minimum Gasteiger partial charge on any atom is -0.364 e. The molecule has 2 aliphatic heterocycles. The molecular weight excluding hydrogens is 148 g/mol. The predicted molar refractivity (Wildman–Crippen MR) is 43.4 cm³/mol. The van der Waals surface area contributed by atoms with Crippen LogP contribution in [0, 0.1) is 0 Å². The first kappa shape index (κ1) is 5.79. The molecule has 0 aromatic heterocycles. The number of aliphatic imine (C=N–C) groups is 2. The highest BCUT2D eigenvalue weighted by atomic mass is 32.1. The fourth-order valence-corrected chi connectivity index (χ4v) is 1.22. The van der Waals surface area contributed by atoms with E-state index >= 15 is 0 Å². The summed E-state index contributed by atoms with van der Waals surface area (Å²) in [6, 6.07) is 0.0833. The number of nitrogens with zero attached hydrogens (tertiary/aromatic N) is 2. The van der Waals surface area contributed by atoms with Gasteiger partial charge >= 0.3 is 0 Å². The molecule has 4 nitrogen and oxygen atoms in total. The summed E-state index contributed by atoms with van der Waals surface area (Å²) in [5, 5.41) is 5.85. The molecule has 0 fully saturated rings. The van der Waals surface area contributed by atoms with Crippen LogP contribution in [0.5, 0.6) is 0 Å². The van der Waals surface area contributed by atoms with Crippen LogP contribution in [0.25, 0.3) is 0 Å². The molecule has 0 radical (unpaired) electrons. The highest BCUT2D eigenvalue weighted by Crippen LogP contribution is 2.08. The normalized spacial score (nSPS) is 35.0. The molecule has 2 aliphatic rings. The van der Waals surface area contributed by atoms with Crippen molar-refractivity contribution >= 4 is 29.9 Å². The summed E-state index contributed by atoms with van der Waals surface area (Å²) in [5.41, 5.74) is 0. The van der Waals surface area contributed by atoms with Crippen molar-refractivity contribution in [1.29, 1.82) is 0 Å². The molecule has 0 saturated heterocycles. The Morgan fingerprint density at radius 3 is 3.00 bits per heavy atom. The van der Waals surface area contributed by atoms with Crippen molar-refractivity contribution in [3.8, 4) is 0 Å². The Labute approximate surface area is 63.4 Å². The zero-order chi connectivity index (χ0) is 6.97. The number of rotatable bonds is 0. The van der Waals surface area contributed by atoms with Gasteiger partial charge in [-0.3, -0.25) is 0 Å². The quantitative estimate of drug-likeness (QED) is 0.452. The fourth-order valence-electron chi connectivity index (χ4n) is 0.975. The van der Waals surface area contributed by atoms with Crippen LogP contribution in [-0.4, -0.2) is 29.9 Å². The Morgan fingerprint density at radius 2 is 2.20 bits per heavy atom. The number of fused-ring (bicyclic) bond motifs is 1. The first-order valence-electron chi connectivity index (χ1n) is 2.97. The van der Waals surface area contributed by atoms with E-state index in [2.05, 4.69) is 20.6 Å². The smallest absolute Gasteiger partial charge is 0.169 e. The minimum atomic E-state index is -0.0336. The lowest BCUT2D eigenvalue weighted by Crippen LogP contribution is -2.47. The summed E-state index contributed by atoms with van der Waals surface area (Å²) in [6.45, 7) is 0. The highest BCUT2D eigenvalue weighted by Gasteiger charge is 2.28. The summed E-state index contributed by atoms with van der Waals surface area (Å²) in [4.78, 5) is 8.87. The average molecular weight is 154 g/mol. The zero-order valence-electron chi connectivity index (χ0n) is 5.11. The molecule has 0 aromatic carbocycles. The third-order valence-electron chi connectivity index (χ3n) is 1.50. The third-order valence-corrected chi connectivity index (χ3v) is 1.87. The van der Waals surface area contributed by atoms with Gasteiger partial charge in [-0.2, -0.15) is 0 Å². The molecule has 10 heavy (non-hydrogen) atoms. The van der Waals surface area contributed by atoms with E-state index in [1.165, 1.54) is 0 Å². The van der Waals surface area contributed by atoms with Crippen molar-refractivity contribution in [2.24, 2.45) is 9.98 Å². The van der Waals surface area contributed by atoms with Crippen LogP contribution in [0.1, 0.15) is 0 Å². The molecule has 0 amide bonds. The van der Waals surface area contributed by atoms with Crippen molar-refractivity contribution in [3.63, 3.8) is 0 Å². The minimum absolute atomic E-state index is 0.0336. The molecule has 2 rings (SSSR count). The molecular formula is C5H6N4S. The van der Waals surface area contributed by atoms with Crippen molar-refractivity contribution in [2.45, 2.75) is 12.2 Å². The Balaban J connectivity index is 2.27. The monoisotopic (exact) mass is 154 g/mol. The van der Waals surface area contributed by atoms with Gasteiger partial charge in [0.05, 0.1) is 12.7 Å². The zero-order valence-corrected chi connectivity index (χ0v) is 5.93. The van der Waals surface area contributed by atoms with Crippen LogP contribution in [0.4, 0.5) is 0 Å². The largest absolute Gasteiger partial charge is 0.364 e. The molecule has 0 aliphatic carbocycles. The lowest BCUT2D eigenvalue weighted by atomic mass is 10.2. The van der Waals surface area contributed by atoms with E-state index in [9.17, 15) is 0 Å². The molecule has 2 heterocycles. The second-order valence-corrected chi connectivity index (χ2v) is 2.56. The summed E-state index contributed by atoms with van der Waals surface area (Å²) >= 11 is 5.00. The SMILES string of the molecule is S=C1NC=N[C@H]2N=CN[C@@H]12. The van der Waals surface area contributed by atoms with Crippen LogP contribution >= 0.6 is 12.2 Å². The number of hydrogen-bond acceptors (Lipinski definition) is 4. The van der Waals surface area contributed by atoms with Crippen LogP contribution in [0.15, 0.2) is 9.98 Å². The first-order chi connectivity index (χ1) is 4.88. The maximum absolute atomic E-state index is 5.00. The van der Waals surface area contributed by atoms with Crippen LogP contribution < -0.4 is 10.6 Å². The molecule has 0 bridgehead atoms. The van der Waals surface area contributed by atoms with Gasteiger partial charge in [-0.1, -0.05) is 12.2 Å². The molecule has 0 spiro atoms. The van der Waals surface area contributed by atoms with Gasteiger partial charge in [0.2, 0.25) is 0 Å². The van der Waals surface area contributed by atoms with Gasteiger partial charge in [0.1, 0.15) is 11.0 Å². The van der Waals surface area contributed by atoms with Crippen molar-refractivity contribution in [1.82, 2.24) is 10.6 Å². The van der Waals surface area contributed by atoms with Gasteiger partial charge in [-0.25, -0.2) is 9.98 Å². The lowest BCUT2D eigenvalue weighted by molar-refractivity contribution is 0.645. The second kappa shape index (κ2) is 2.02. The highest BCUT2D eigenvalue weighted by molar-refractivity contribution is 7.80. The summed E-state index contributed by atoms with van der Waals surface area (Å²) in [5.74, 6) is 0. The Morgan fingerprint density at radius 1 is 1.40 bits per heavy atom. The van der Waals surface area contributed by atoms with E-state index in [1.807, 2.05) is 0 Å². The first-order valence-corrected chi connectivity index (χ1v) is 3.38. The predicted octanol–water partition coefficient (Wildman–Crippen LogP) is -0.729. The van der Waals surface area contributed by atoms with E-state index in [4.69, 9.17) is 12.2 Å². The average Bonchev–Trinajstić information content (AvgIpc) is 2.36. The number of hydrogen-bond donors (Lipinski definition) is 2. The summed E-state index contributed by atoms with van der Waals surface area (Å²) in [6.07, 6.45) is 3.20. The summed E-state index contributed by atoms with van der Waals surface area (Å²) in [7, 11) is 0. The molecule has 2 N–H and O–H groups in total. The number of thiocarbonyl (C=S) groups is 1.